The minimum absolute atomic E-state index is 0.0188. The molecule has 1 aliphatic rings. The molecule has 0 saturated carbocycles. The molecule has 76 valence electrons. The second kappa shape index (κ2) is 3.70. The summed E-state index contributed by atoms with van der Waals surface area (Å²) in [4.78, 5) is 13.4. The highest BCUT2D eigenvalue weighted by molar-refractivity contribution is 5.76. The number of hydrogen-bond acceptors (Lipinski definition) is 5. The average Bonchev–Trinajstić information content (AvgIpc) is 2.75. The Morgan fingerprint density at radius 3 is 3.07 bits per heavy atom. The van der Waals surface area contributed by atoms with Gasteiger partial charge in [0.25, 0.3) is 0 Å². The Labute approximate surface area is 80.9 Å². The van der Waals surface area contributed by atoms with E-state index in [1.807, 2.05) is 0 Å². The minimum Gasteiger partial charge on any atom is -0.339 e. The normalized spacial score (nSPS) is 21.5. The lowest BCUT2D eigenvalue weighted by atomic mass is 10.3. The fourth-order valence-electron chi connectivity index (χ4n) is 1.51. The molecule has 0 aliphatic carbocycles. The summed E-state index contributed by atoms with van der Waals surface area (Å²) in [6, 6.07) is 0.118. The number of nitrogens with zero attached hydrogens (tertiary/aromatic N) is 5. The molecule has 0 radical (unpaired) electrons. The SMILES string of the molecule is N[C@@H]1CCN(C(=O)Cn2cnnn2)C1. The maximum Gasteiger partial charge on any atom is 0.244 e. The van der Waals surface area contributed by atoms with Crippen molar-refractivity contribution in [1.29, 1.82) is 0 Å². The number of hydrogen-bond donors (Lipinski definition) is 1. The van der Waals surface area contributed by atoms with Crippen molar-refractivity contribution in [2.75, 3.05) is 13.1 Å². The van der Waals surface area contributed by atoms with Gasteiger partial charge in [0.2, 0.25) is 5.91 Å². The second-order valence-corrected chi connectivity index (χ2v) is 3.40. The van der Waals surface area contributed by atoms with E-state index in [-0.39, 0.29) is 18.5 Å². The van der Waals surface area contributed by atoms with Gasteiger partial charge in [-0.15, -0.1) is 5.10 Å². The summed E-state index contributed by atoms with van der Waals surface area (Å²) in [7, 11) is 0. The third-order valence-corrected chi connectivity index (χ3v) is 2.27. The van der Waals surface area contributed by atoms with Crippen molar-refractivity contribution in [1.82, 2.24) is 25.1 Å². The molecule has 1 atom stereocenters. The number of tetrazole rings is 1. The lowest BCUT2D eigenvalue weighted by Gasteiger charge is -2.14. The first kappa shape index (κ1) is 9.07. The van der Waals surface area contributed by atoms with Crippen molar-refractivity contribution >= 4 is 5.91 Å². The van der Waals surface area contributed by atoms with Crippen LogP contribution in [0.1, 0.15) is 6.42 Å². The molecule has 0 bridgehead atoms. The molecule has 2 rings (SSSR count). The average molecular weight is 196 g/mol. The number of carbonyl (C=O) groups is 1. The van der Waals surface area contributed by atoms with Gasteiger partial charge in [0.1, 0.15) is 12.9 Å². The Bertz CT molecular complexity index is 310. The number of rotatable bonds is 2. The van der Waals surface area contributed by atoms with Crippen LogP contribution in [0, 0.1) is 0 Å². The zero-order valence-electron chi connectivity index (χ0n) is 7.70. The van der Waals surface area contributed by atoms with Crippen molar-refractivity contribution in [3.8, 4) is 0 Å². The van der Waals surface area contributed by atoms with Crippen LogP contribution in [0.2, 0.25) is 0 Å². The summed E-state index contributed by atoms with van der Waals surface area (Å²) < 4.78 is 1.41. The highest BCUT2D eigenvalue weighted by Crippen LogP contribution is 2.07. The standard InChI is InChI=1S/C7H12N6O/c8-6-1-2-12(3-6)7(14)4-13-5-9-10-11-13/h5-6H,1-4,8H2/t6-/m1/s1. The molecule has 1 aromatic heterocycles. The predicted molar refractivity (Wildman–Crippen MR) is 47.0 cm³/mol. The minimum atomic E-state index is 0.0188. The van der Waals surface area contributed by atoms with Crippen LogP contribution in [0.5, 0.6) is 0 Å². The van der Waals surface area contributed by atoms with Gasteiger partial charge in [-0.2, -0.15) is 0 Å². The molecule has 7 nitrogen and oxygen atoms in total. The number of likely N-dealkylation sites (tertiary alicyclic amines) is 1. The molecule has 0 unspecified atom stereocenters. The van der Waals surface area contributed by atoms with E-state index >= 15 is 0 Å². The van der Waals surface area contributed by atoms with E-state index in [0.29, 0.717) is 6.54 Å². The van der Waals surface area contributed by atoms with Crippen molar-refractivity contribution in [3.63, 3.8) is 0 Å². The fraction of sp³-hybridized carbons (Fsp3) is 0.714. The van der Waals surface area contributed by atoms with Gasteiger partial charge in [-0.1, -0.05) is 0 Å². The van der Waals surface area contributed by atoms with Crippen LogP contribution < -0.4 is 5.73 Å². The van der Waals surface area contributed by atoms with Crippen molar-refractivity contribution in [2.24, 2.45) is 5.73 Å². The van der Waals surface area contributed by atoms with Crippen LogP contribution in [0.25, 0.3) is 0 Å². The zero-order chi connectivity index (χ0) is 9.97. The molecule has 1 aromatic rings. The third-order valence-electron chi connectivity index (χ3n) is 2.27. The monoisotopic (exact) mass is 196 g/mol. The first-order valence-electron chi connectivity index (χ1n) is 4.50. The van der Waals surface area contributed by atoms with E-state index in [2.05, 4.69) is 15.5 Å². The first-order valence-corrected chi connectivity index (χ1v) is 4.50. The first-order chi connectivity index (χ1) is 6.75. The van der Waals surface area contributed by atoms with E-state index in [4.69, 9.17) is 5.73 Å². The number of aromatic nitrogens is 4. The number of carbonyl (C=O) groups excluding carboxylic acids is 1. The van der Waals surface area contributed by atoms with E-state index < -0.39 is 0 Å². The Morgan fingerprint density at radius 2 is 2.50 bits per heavy atom. The Kier molecular flexibility index (Phi) is 2.40. The van der Waals surface area contributed by atoms with Crippen LogP contribution in [0.4, 0.5) is 0 Å². The van der Waals surface area contributed by atoms with Gasteiger partial charge in [-0.3, -0.25) is 4.79 Å². The summed E-state index contributed by atoms with van der Waals surface area (Å²) in [6.07, 6.45) is 2.30. The lowest BCUT2D eigenvalue weighted by Crippen LogP contribution is -2.34. The molecule has 0 aromatic carbocycles. The molecular formula is C7H12N6O. The van der Waals surface area contributed by atoms with E-state index in [1.54, 1.807) is 4.90 Å². The van der Waals surface area contributed by atoms with E-state index in [9.17, 15) is 4.79 Å². The Hall–Kier alpha value is -1.50. The maximum atomic E-state index is 11.6. The van der Waals surface area contributed by atoms with Crippen molar-refractivity contribution in [2.45, 2.75) is 19.0 Å². The highest BCUT2D eigenvalue weighted by atomic mass is 16.2. The van der Waals surface area contributed by atoms with Crippen LogP contribution in [0.15, 0.2) is 6.33 Å². The quantitative estimate of drug-likeness (QED) is 0.604. The highest BCUT2D eigenvalue weighted by Gasteiger charge is 2.23. The largest absolute Gasteiger partial charge is 0.339 e. The van der Waals surface area contributed by atoms with Gasteiger partial charge in [0, 0.05) is 19.1 Å². The molecule has 2 N–H and O–H groups in total. The molecule has 7 heteroatoms. The summed E-state index contributed by atoms with van der Waals surface area (Å²) in [6.45, 7) is 1.57. The van der Waals surface area contributed by atoms with Crippen LogP contribution >= 0.6 is 0 Å². The van der Waals surface area contributed by atoms with Gasteiger partial charge >= 0.3 is 0 Å². The van der Waals surface area contributed by atoms with E-state index in [1.165, 1.54) is 11.0 Å². The van der Waals surface area contributed by atoms with Gasteiger partial charge in [0.05, 0.1) is 0 Å². The number of nitrogens with two attached hydrogens (primary N) is 1. The molecule has 1 amide bonds. The Balaban J connectivity index is 1.90. The summed E-state index contributed by atoms with van der Waals surface area (Å²) in [5.74, 6) is 0.0188. The van der Waals surface area contributed by atoms with Crippen molar-refractivity contribution < 1.29 is 4.79 Å². The van der Waals surface area contributed by atoms with Crippen LogP contribution in [-0.4, -0.2) is 50.1 Å². The molecule has 1 saturated heterocycles. The second-order valence-electron chi connectivity index (χ2n) is 3.40. The summed E-state index contributed by atoms with van der Waals surface area (Å²) >= 11 is 0. The molecule has 0 spiro atoms. The van der Waals surface area contributed by atoms with Gasteiger partial charge < -0.3 is 10.6 Å². The molecular weight excluding hydrogens is 184 g/mol. The smallest absolute Gasteiger partial charge is 0.244 e. The zero-order valence-corrected chi connectivity index (χ0v) is 7.70. The summed E-state index contributed by atoms with van der Waals surface area (Å²) in [5.41, 5.74) is 5.70. The predicted octanol–water partition coefficient (Wildman–Crippen LogP) is -1.77. The Morgan fingerprint density at radius 1 is 1.64 bits per heavy atom. The lowest BCUT2D eigenvalue weighted by molar-refractivity contribution is -0.131. The van der Waals surface area contributed by atoms with Gasteiger partial charge in [0.15, 0.2) is 0 Å². The molecule has 2 heterocycles. The third kappa shape index (κ3) is 1.87. The maximum absolute atomic E-state index is 11.6. The fourth-order valence-corrected chi connectivity index (χ4v) is 1.51. The molecule has 1 aliphatic heterocycles. The number of amides is 1. The van der Waals surface area contributed by atoms with Crippen molar-refractivity contribution in [3.05, 3.63) is 6.33 Å². The van der Waals surface area contributed by atoms with Gasteiger partial charge in [-0.25, -0.2) is 4.68 Å². The molecule has 1 fully saturated rings. The topological polar surface area (TPSA) is 89.9 Å². The van der Waals surface area contributed by atoms with Crippen LogP contribution in [-0.2, 0) is 11.3 Å². The molecule has 14 heavy (non-hydrogen) atoms. The van der Waals surface area contributed by atoms with E-state index in [0.717, 1.165) is 13.0 Å². The summed E-state index contributed by atoms with van der Waals surface area (Å²) in [5, 5.41) is 10.5. The van der Waals surface area contributed by atoms with Crippen LogP contribution in [0.3, 0.4) is 0 Å². The van der Waals surface area contributed by atoms with Gasteiger partial charge in [-0.05, 0) is 16.8 Å².